The zero-order chi connectivity index (χ0) is 18.4. The Morgan fingerprint density at radius 1 is 1.15 bits per heavy atom. The maximum atomic E-state index is 12.6. The second-order valence-corrected chi connectivity index (χ2v) is 7.38. The Morgan fingerprint density at radius 3 is 2.69 bits per heavy atom. The first-order valence-electron chi connectivity index (χ1n) is 8.41. The summed E-state index contributed by atoms with van der Waals surface area (Å²) in [5, 5.41) is 1.19. The molecular formula is C19H18Cl2N4O. The number of carbonyl (C=O) groups excluding carboxylic acids is 1. The van der Waals surface area contributed by atoms with Gasteiger partial charge >= 0.3 is 0 Å². The average molecular weight is 389 g/mol. The van der Waals surface area contributed by atoms with Crippen LogP contribution in [0.15, 0.2) is 36.4 Å². The number of anilines is 2. The van der Waals surface area contributed by atoms with Gasteiger partial charge in [0.05, 0.1) is 27.3 Å². The van der Waals surface area contributed by atoms with Gasteiger partial charge in [0.15, 0.2) is 0 Å². The van der Waals surface area contributed by atoms with Gasteiger partial charge in [0.25, 0.3) is 5.91 Å². The van der Waals surface area contributed by atoms with Crippen molar-refractivity contribution in [2.24, 2.45) is 0 Å². The Hall–Kier alpha value is -2.24. The molecule has 3 aromatic rings. The fourth-order valence-electron chi connectivity index (χ4n) is 3.42. The molecule has 0 N–H and O–H groups in total. The van der Waals surface area contributed by atoms with Crippen LogP contribution in [0.2, 0.25) is 10.0 Å². The standard InChI is InChI=1S/C19H18Cl2N4O/c1-23(2)18(26)13-5-3-6-15-17(13)25-10-4-9-24(19(25)22-15)16-8-7-12(20)11-14(16)21/h3,5-8,11H,4,9-10H2,1-2H3. The quantitative estimate of drug-likeness (QED) is 0.644. The van der Waals surface area contributed by atoms with Crippen molar-refractivity contribution in [2.75, 3.05) is 25.5 Å². The van der Waals surface area contributed by atoms with Gasteiger partial charge in [-0.15, -0.1) is 0 Å². The summed E-state index contributed by atoms with van der Waals surface area (Å²) in [6, 6.07) is 11.1. The summed E-state index contributed by atoms with van der Waals surface area (Å²) in [6.07, 6.45) is 0.932. The molecule has 134 valence electrons. The van der Waals surface area contributed by atoms with Crippen molar-refractivity contribution in [1.29, 1.82) is 0 Å². The molecule has 2 heterocycles. The lowest BCUT2D eigenvalue weighted by Gasteiger charge is -2.30. The number of hydrogen-bond acceptors (Lipinski definition) is 3. The van der Waals surface area contributed by atoms with Gasteiger partial charge in [-0.05, 0) is 36.8 Å². The van der Waals surface area contributed by atoms with Gasteiger partial charge in [0.1, 0.15) is 0 Å². The van der Waals surface area contributed by atoms with Crippen LogP contribution < -0.4 is 4.90 Å². The second kappa shape index (κ2) is 6.49. The van der Waals surface area contributed by atoms with Crippen molar-refractivity contribution in [3.63, 3.8) is 0 Å². The lowest BCUT2D eigenvalue weighted by Crippen LogP contribution is -2.29. The Balaban J connectivity index is 1.91. The lowest BCUT2D eigenvalue weighted by molar-refractivity contribution is 0.0829. The highest BCUT2D eigenvalue weighted by Gasteiger charge is 2.26. The summed E-state index contributed by atoms with van der Waals surface area (Å²) in [7, 11) is 3.52. The second-order valence-electron chi connectivity index (χ2n) is 6.54. The largest absolute Gasteiger partial charge is 0.345 e. The number of benzene rings is 2. The molecule has 1 aromatic heterocycles. The molecule has 7 heteroatoms. The highest BCUT2D eigenvalue weighted by molar-refractivity contribution is 6.36. The topological polar surface area (TPSA) is 41.4 Å². The molecule has 0 fully saturated rings. The van der Waals surface area contributed by atoms with E-state index < -0.39 is 0 Å². The molecule has 0 radical (unpaired) electrons. The molecule has 0 atom stereocenters. The van der Waals surface area contributed by atoms with Crippen molar-refractivity contribution in [3.05, 3.63) is 52.0 Å². The van der Waals surface area contributed by atoms with Crippen LogP contribution in [0.1, 0.15) is 16.8 Å². The molecule has 1 aliphatic rings. The maximum Gasteiger partial charge on any atom is 0.255 e. The van der Waals surface area contributed by atoms with Crippen LogP contribution in [0.3, 0.4) is 0 Å². The summed E-state index contributed by atoms with van der Waals surface area (Å²) in [5.41, 5.74) is 3.21. The van der Waals surface area contributed by atoms with Crippen LogP contribution in [0, 0.1) is 0 Å². The van der Waals surface area contributed by atoms with Crippen molar-refractivity contribution in [1.82, 2.24) is 14.5 Å². The SMILES string of the molecule is CN(C)C(=O)c1cccc2nc3n(c12)CCCN3c1ccc(Cl)cc1Cl. The third kappa shape index (κ3) is 2.72. The zero-order valence-corrected chi connectivity index (χ0v) is 16.1. The fourth-order valence-corrected chi connectivity index (χ4v) is 3.93. The lowest BCUT2D eigenvalue weighted by atomic mass is 10.1. The number of hydrogen-bond donors (Lipinski definition) is 0. The Bertz CT molecular complexity index is 1010. The van der Waals surface area contributed by atoms with Gasteiger partial charge < -0.3 is 14.4 Å². The molecule has 0 saturated heterocycles. The van der Waals surface area contributed by atoms with E-state index in [9.17, 15) is 4.79 Å². The predicted octanol–water partition coefficient (Wildman–Crippen LogP) is 4.59. The summed E-state index contributed by atoms with van der Waals surface area (Å²) in [5.74, 6) is 0.773. The number of aryl methyl sites for hydroxylation is 1. The number of imidazole rings is 1. The first-order chi connectivity index (χ1) is 12.5. The molecule has 26 heavy (non-hydrogen) atoms. The van der Waals surface area contributed by atoms with E-state index in [-0.39, 0.29) is 5.91 Å². The van der Waals surface area contributed by atoms with Crippen molar-refractivity contribution in [2.45, 2.75) is 13.0 Å². The van der Waals surface area contributed by atoms with Gasteiger partial charge in [0, 0.05) is 32.2 Å². The highest BCUT2D eigenvalue weighted by atomic mass is 35.5. The smallest absolute Gasteiger partial charge is 0.255 e. The highest BCUT2D eigenvalue weighted by Crippen LogP contribution is 2.37. The van der Waals surface area contributed by atoms with Gasteiger partial charge in [-0.2, -0.15) is 0 Å². The fraction of sp³-hybridized carbons (Fsp3) is 0.263. The minimum Gasteiger partial charge on any atom is -0.345 e. The van der Waals surface area contributed by atoms with Crippen molar-refractivity contribution >= 4 is 51.8 Å². The van der Waals surface area contributed by atoms with Crippen molar-refractivity contribution < 1.29 is 4.79 Å². The van der Waals surface area contributed by atoms with E-state index in [1.807, 2.05) is 30.3 Å². The van der Waals surface area contributed by atoms with E-state index >= 15 is 0 Å². The number of nitrogens with zero attached hydrogens (tertiary/aromatic N) is 4. The molecule has 4 rings (SSSR count). The molecule has 0 saturated carbocycles. The number of halogens is 2. The normalized spacial score (nSPS) is 13.8. The van der Waals surface area contributed by atoms with E-state index in [0.29, 0.717) is 15.6 Å². The number of amides is 1. The number of para-hydroxylation sites is 1. The van der Waals surface area contributed by atoms with Gasteiger partial charge in [-0.1, -0.05) is 29.3 Å². The molecule has 1 aliphatic heterocycles. The molecule has 1 amide bonds. The van der Waals surface area contributed by atoms with Gasteiger partial charge in [-0.25, -0.2) is 4.98 Å². The van der Waals surface area contributed by atoms with Crippen LogP contribution in [0.5, 0.6) is 0 Å². The summed E-state index contributed by atoms with van der Waals surface area (Å²) >= 11 is 12.5. The molecule has 0 aliphatic carbocycles. The van der Waals surface area contributed by atoms with Crippen LogP contribution in [0.4, 0.5) is 11.6 Å². The predicted molar refractivity (Wildman–Crippen MR) is 106 cm³/mol. The van der Waals surface area contributed by atoms with Crippen molar-refractivity contribution in [3.8, 4) is 0 Å². The third-order valence-corrected chi connectivity index (χ3v) is 5.13. The number of aromatic nitrogens is 2. The van der Waals surface area contributed by atoms with E-state index in [0.717, 1.165) is 42.2 Å². The van der Waals surface area contributed by atoms with E-state index in [1.165, 1.54) is 0 Å². The Kier molecular flexibility index (Phi) is 4.29. The molecule has 0 bridgehead atoms. The van der Waals surface area contributed by atoms with E-state index in [1.54, 1.807) is 25.1 Å². The molecule has 0 spiro atoms. The van der Waals surface area contributed by atoms with Gasteiger partial charge in [0.2, 0.25) is 5.95 Å². The number of fused-ring (bicyclic) bond motifs is 3. The van der Waals surface area contributed by atoms with Crippen LogP contribution >= 0.6 is 23.2 Å². The summed E-state index contributed by atoms with van der Waals surface area (Å²) in [6.45, 7) is 1.62. The van der Waals surface area contributed by atoms with E-state index in [2.05, 4.69) is 9.47 Å². The Labute approximate surface area is 161 Å². The Morgan fingerprint density at radius 2 is 1.96 bits per heavy atom. The first kappa shape index (κ1) is 17.2. The van der Waals surface area contributed by atoms with Crippen LogP contribution in [-0.2, 0) is 6.54 Å². The minimum absolute atomic E-state index is 0.0278. The number of rotatable bonds is 2. The summed E-state index contributed by atoms with van der Waals surface area (Å²) < 4.78 is 2.11. The van der Waals surface area contributed by atoms with Crippen LogP contribution in [-0.4, -0.2) is 41.0 Å². The molecule has 2 aromatic carbocycles. The van der Waals surface area contributed by atoms with Gasteiger partial charge in [-0.3, -0.25) is 4.79 Å². The minimum atomic E-state index is -0.0278. The monoisotopic (exact) mass is 388 g/mol. The van der Waals surface area contributed by atoms with E-state index in [4.69, 9.17) is 28.2 Å². The zero-order valence-electron chi connectivity index (χ0n) is 14.5. The number of carbonyl (C=O) groups is 1. The third-order valence-electron chi connectivity index (χ3n) is 4.59. The molecule has 5 nitrogen and oxygen atoms in total. The summed E-state index contributed by atoms with van der Waals surface area (Å²) in [4.78, 5) is 21.1. The molecular weight excluding hydrogens is 371 g/mol. The molecule has 0 unspecified atom stereocenters. The van der Waals surface area contributed by atoms with Crippen LogP contribution in [0.25, 0.3) is 11.0 Å². The maximum absolute atomic E-state index is 12.6. The average Bonchev–Trinajstić information content (AvgIpc) is 3.00. The first-order valence-corrected chi connectivity index (χ1v) is 9.16.